The summed E-state index contributed by atoms with van der Waals surface area (Å²) in [6, 6.07) is 8.18. The van der Waals surface area contributed by atoms with Crippen LogP contribution < -0.4 is 5.56 Å². The van der Waals surface area contributed by atoms with Gasteiger partial charge in [-0.15, -0.1) is 11.3 Å². The Morgan fingerprint density at radius 1 is 1.17 bits per heavy atom. The third-order valence-electron chi connectivity index (χ3n) is 4.46. The van der Waals surface area contributed by atoms with Crippen molar-refractivity contribution in [1.29, 1.82) is 0 Å². The molecule has 7 nitrogen and oxygen atoms in total. The van der Waals surface area contributed by atoms with Crippen molar-refractivity contribution in [3.05, 3.63) is 74.7 Å². The minimum Gasteiger partial charge on any atom is -0.298 e. The lowest BCUT2D eigenvalue weighted by Gasteiger charge is -2.12. The van der Waals surface area contributed by atoms with E-state index in [9.17, 15) is 9.59 Å². The highest BCUT2D eigenvalue weighted by Crippen LogP contribution is 2.18. The second-order valence-corrected chi connectivity index (χ2v) is 8.67. The van der Waals surface area contributed by atoms with Gasteiger partial charge in [0.05, 0.1) is 17.2 Å². The van der Waals surface area contributed by atoms with Crippen molar-refractivity contribution in [3.8, 4) is 0 Å². The lowest BCUT2D eigenvalue weighted by molar-refractivity contribution is -0.116. The number of fused-ring (bicyclic) bond motifs is 1. The zero-order valence-electron chi connectivity index (χ0n) is 16.3. The number of carbonyl (C=O) groups is 1. The van der Waals surface area contributed by atoms with Crippen LogP contribution in [0.15, 0.2) is 58.2 Å². The average molecular weight is 438 g/mol. The minimum absolute atomic E-state index is 0.0358. The fourth-order valence-corrected chi connectivity index (χ4v) is 4.57. The first-order chi connectivity index (χ1) is 14.6. The van der Waals surface area contributed by atoms with E-state index < -0.39 is 0 Å². The van der Waals surface area contributed by atoms with Crippen molar-refractivity contribution >= 4 is 40.0 Å². The number of thioether (sulfide) groups is 1. The van der Waals surface area contributed by atoms with E-state index >= 15 is 0 Å². The maximum atomic E-state index is 13.1. The number of aromatic nitrogens is 5. The van der Waals surface area contributed by atoms with Gasteiger partial charge >= 0.3 is 0 Å². The molecule has 0 amide bonds. The maximum absolute atomic E-state index is 13.1. The standard InChI is InChI=1S/C21H19N5O2S2/c1-14-3-2-4-15(11-14)5-9-26-20(28)18-19(24-7-6-23-18)25-21(26)30-13-16(27)12-17-22-8-10-29-17/h2-4,6-8,10-11H,5,9,12-13H2,1H3. The molecule has 152 valence electrons. The van der Waals surface area contributed by atoms with Gasteiger partial charge in [-0.3, -0.25) is 14.2 Å². The van der Waals surface area contributed by atoms with E-state index in [-0.39, 0.29) is 29.0 Å². The van der Waals surface area contributed by atoms with Gasteiger partial charge in [-0.2, -0.15) is 0 Å². The molecule has 0 atom stereocenters. The minimum atomic E-state index is -0.240. The van der Waals surface area contributed by atoms with Gasteiger partial charge in [0, 0.05) is 30.5 Å². The Morgan fingerprint density at radius 3 is 2.83 bits per heavy atom. The van der Waals surface area contributed by atoms with E-state index in [2.05, 4.69) is 26.0 Å². The Hall–Kier alpha value is -2.91. The molecule has 4 aromatic rings. The summed E-state index contributed by atoms with van der Waals surface area (Å²) in [5.74, 6) is 0.246. The summed E-state index contributed by atoms with van der Waals surface area (Å²) in [7, 11) is 0. The lowest BCUT2D eigenvalue weighted by atomic mass is 10.1. The molecule has 0 fully saturated rings. The largest absolute Gasteiger partial charge is 0.298 e. The van der Waals surface area contributed by atoms with E-state index in [1.165, 1.54) is 41.1 Å². The molecule has 0 saturated heterocycles. The Bertz CT molecular complexity index is 1240. The molecule has 9 heteroatoms. The van der Waals surface area contributed by atoms with Gasteiger partial charge < -0.3 is 0 Å². The van der Waals surface area contributed by atoms with Crippen LogP contribution in [0.25, 0.3) is 11.2 Å². The molecule has 0 radical (unpaired) electrons. The summed E-state index contributed by atoms with van der Waals surface area (Å²) >= 11 is 2.71. The molecule has 1 aromatic carbocycles. The number of hydrogen-bond acceptors (Lipinski definition) is 8. The third kappa shape index (κ3) is 4.80. The summed E-state index contributed by atoms with van der Waals surface area (Å²) in [6.07, 6.45) is 5.64. The normalized spacial score (nSPS) is 11.1. The Balaban J connectivity index is 1.58. The molecule has 3 heterocycles. The molecular weight excluding hydrogens is 418 g/mol. The number of nitrogens with zero attached hydrogens (tertiary/aromatic N) is 5. The molecule has 0 spiro atoms. The van der Waals surface area contributed by atoms with Crippen LogP contribution in [0.5, 0.6) is 0 Å². The predicted molar refractivity (Wildman–Crippen MR) is 118 cm³/mol. The number of hydrogen-bond donors (Lipinski definition) is 0. The summed E-state index contributed by atoms with van der Waals surface area (Å²) in [5, 5.41) is 3.12. The van der Waals surface area contributed by atoms with Gasteiger partial charge in [0.15, 0.2) is 16.3 Å². The number of aryl methyl sites for hydroxylation is 2. The van der Waals surface area contributed by atoms with Gasteiger partial charge in [-0.25, -0.2) is 19.9 Å². The van der Waals surface area contributed by atoms with Crippen molar-refractivity contribution in [2.45, 2.75) is 31.5 Å². The molecule has 0 bridgehead atoms. The fourth-order valence-electron chi connectivity index (χ4n) is 3.05. The number of rotatable bonds is 8. The van der Waals surface area contributed by atoms with Gasteiger partial charge in [0.1, 0.15) is 5.78 Å². The molecule has 0 saturated carbocycles. The number of ketones is 1. The van der Waals surface area contributed by atoms with Gasteiger partial charge in [0.25, 0.3) is 5.56 Å². The van der Waals surface area contributed by atoms with Crippen LogP contribution in [0.4, 0.5) is 0 Å². The number of Topliss-reactive ketones (excluding diaryl/α,β-unsaturated/α-hetero) is 1. The zero-order valence-corrected chi connectivity index (χ0v) is 17.9. The second-order valence-electron chi connectivity index (χ2n) is 6.75. The highest BCUT2D eigenvalue weighted by Gasteiger charge is 2.15. The van der Waals surface area contributed by atoms with Crippen LogP contribution >= 0.6 is 23.1 Å². The highest BCUT2D eigenvalue weighted by atomic mass is 32.2. The van der Waals surface area contributed by atoms with Crippen LogP contribution in [-0.2, 0) is 24.2 Å². The summed E-state index contributed by atoms with van der Waals surface area (Å²) in [5.41, 5.74) is 2.60. The van der Waals surface area contributed by atoms with Crippen LogP contribution in [0.3, 0.4) is 0 Å². The molecule has 0 unspecified atom stereocenters. The Labute approximate surface area is 181 Å². The van der Waals surface area contributed by atoms with Crippen molar-refractivity contribution in [3.63, 3.8) is 0 Å². The monoisotopic (exact) mass is 437 g/mol. The molecule has 4 rings (SSSR count). The zero-order chi connectivity index (χ0) is 20.9. The Morgan fingerprint density at radius 2 is 2.03 bits per heavy atom. The number of benzene rings is 1. The first-order valence-electron chi connectivity index (χ1n) is 9.40. The van der Waals surface area contributed by atoms with Crippen LogP contribution in [0.2, 0.25) is 0 Å². The molecule has 30 heavy (non-hydrogen) atoms. The number of thiazole rings is 1. The van der Waals surface area contributed by atoms with E-state index in [1.807, 2.05) is 30.5 Å². The van der Waals surface area contributed by atoms with Crippen molar-refractivity contribution in [2.75, 3.05) is 5.75 Å². The SMILES string of the molecule is Cc1cccc(CCn2c(SCC(=O)Cc3nccs3)nc3nccnc3c2=O)c1. The first-order valence-corrected chi connectivity index (χ1v) is 11.3. The second kappa shape index (κ2) is 9.27. The molecule has 3 aromatic heterocycles. The van der Waals surface area contributed by atoms with Crippen molar-refractivity contribution < 1.29 is 4.79 Å². The van der Waals surface area contributed by atoms with Gasteiger partial charge in [0.2, 0.25) is 0 Å². The topological polar surface area (TPSA) is 90.6 Å². The lowest BCUT2D eigenvalue weighted by Crippen LogP contribution is -2.26. The third-order valence-corrected chi connectivity index (χ3v) is 6.28. The first kappa shape index (κ1) is 20.4. The van der Waals surface area contributed by atoms with Crippen molar-refractivity contribution in [2.24, 2.45) is 0 Å². The molecule has 0 aliphatic heterocycles. The molecule has 0 N–H and O–H groups in total. The van der Waals surface area contributed by atoms with Crippen molar-refractivity contribution in [1.82, 2.24) is 24.5 Å². The van der Waals surface area contributed by atoms with Gasteiger partial charge in [-0.05, 0) is 18.9 Å². The summed E-state index contributed by atoms with van der Waals surface area (Å²) < 4.78 is 1.60. The van der Waals surface area contributed by atoms with E-state index in [1.54, 1.807) is 10.8 Å². The Kier molecular flexibility index (Phi) is 6.29. The van der Waals surface area contributed by atoms with E-state index in [0.29, 0.717) is 23.8 Å². The highest BCUT2D eigenvalue weighted by molar-refractivity contribution is 7.99. The molecular formula is C21H19N5O2S2. The quantitative estimate of drug-likeness (QED) is 0.309. The fraction of sp³-hybridized carbons (Fsp3) is 0.238. The van der Waals surface area contributed by atoms with Crippen LogP contribution in [0.1, 0.15) is 16.1 Å². The van der Waals surface area contributed by atoms with Crippen LogP contribution in [-0.4, -0.2) is 36.0 Å². The molecule has 0 aliphatic rings. The van der Waals surface area contributed by atoms with E-state index in [4.69, 9.17) is 0 Å². The smallest absolute Gasteiger partial charge is 0.282 e. The average Bonchev–Trinajstić information content (AvgIpc) is 3.25. The van der Waals surface area contributed by atoms with Gasteiger partial charge in [-0.1, -0.05) is 41.6 Å². The molecule has 0 aliphatic carbocycles. The predicted octanol–water partition coefficient (Wildman–Crippen LogP) is 3.10. The van der Waals surface area contributed by atoms with Crippen LogP contribution in [0, 0.1) is 6.92 Å². The number of carbonyl (C=O) groups excluding carboxylic acids is 1. The maximum Gasteiger partial charge on any atom is 0.282 e. The summed E-state index contributed by atoms with van der Waals surface area (Å²) in [6.45, 7) is 2.49. The van der Waals surface area contributed by atoms with E-state index in [0.717, 1.165) is 10.6 Å². The summed E-state index contributed by atoms with van der Waals surface area (Å²) in [4.78, 5) is 42.4.